The number of nitrogens with two attached hydrogens (primary N) is 2. The van der Waals surface area contributed by atoms with E-state index in [1.165, 1.54) is 12.1 Å². The molecular weight excluding hydrogens is 160 g/mol. The summed E-state index contributed by atoms with van der Waals surface area (Å²) in [6.45, 7) is 0. The first-order valence-electron chi connectivity index (χ1n) is 3.18. The minimum atomic E-state index is 0.187. The molecule has 1 aromatic carbocycles. The summed E-state index contributed by atoms with van der Waals surface area (Å²) in [6, 6.07) is 2.88. The summed E-state index contributed by atoms with van der Waals surface area (Å²) in [5.74, 6) is 0. The van der Waals surface area contributed by atoms with Crippen molar-refractivity contribution in [1.29, 1.82) is 0 Å². The lowest BCUT2D eigenvalue weighted by molar-refractivity contribution is 0.378. The largest absolute Gasteiger partial charge is 0.399 e. The van der Waals surface area contributed by atoms with Crippen LogP contribution >= 0.6 is 0 Å². The quantitative estimate of drug-likeness (QED) is 0.283. The number of nitrogen functional groups attached to an aromatic ring is 2. The van der Waals surface area contributed by atoms with Gasteiger partial charge in [0.15, 0.2) is 0 Å². The van der Waals surface area contributed by atoms with Crippen LogP contribution in [-0.2, 0) is 0 Å². The molecule has 0 aliphatic carbocycles. The van der Waals surface area contributed by atoms with Crippen molar-refractivity contribution in [3.05, 3.63) is 12.1 Å². The van der Waals surface area contributed by atoms with Crippen LogP contribution in [0.2, 0.25) is 0 Å². The van der Waals surface area contributed by atoms with Crippen LogP contribution < -0.4 is 22.4 Å². The summed E-state index contributed by atoms with van der Waals surface area (Å²) >= 11 is 0. The SMILES string of the molecule is Nc1cc(N)c(NO)c(NO)c1. The van der Waals surface area contributed by atoms with Gasteiger partial charge in [-0.05, 0) is 12.1 Å². The first-order valence-corrected chi connectivity index (χ1v) is 3.18. The van der Waals surface area contributed by atoms with Crippen LogP contribution in [0.4, 0.5) is 22.7 Å². The van der Waals surface area contributed by atoms with Crippen LogP contribution in [0.3, 0.4) is 0 Å². The fourth-order valence-electron chi connectivity index (χ4n) is 0.901. The number of anilines is 4. The third-order valence-electron chi connectivity index (χ3n) is 1.42. The van der Waals surface area contributed by atoms with Gasteiger partial charge in [-0.2, -0.15) is 0 Å². The summed E-state index contributed by atoms with van der Waals surface area (Å²) in [5, 5.41) is 17.2. The molecule has 0 spiro atoms. The summed E-state index contributed by atoms with van der Waals surface area (Å²) < 4.78 is 0. The van der Waals surface area contributed by atoms with Crippen molar-refractivity contribution in [1.82, 2.24) is 0 Å². The lowest BCUT2D eigenvalue weighted by Crippen LogP contribution is -2.03. The number of rotatable bonds is 2. The van der Waals surface area contributed by atoms with E-state index in [-0.39, 0.29) is 17.1 Å². The molecule has 1 rings (SSSR count). The number of hydrogen-bond donors (Lipinski definition) is 6. The Kier molecular flexibility index (Phi) is 2.22. The van der Waals surface area contributed by atoms with Gasteiger partial charge in [0.05, 0.1) is 11.4 Å². The zero-order chi connectivity index (χ0) is 9.14. The molecule has 6 nitrogen and oxygen atoms in total. The second-order valence-corrected chi connectivity index (χ2v) is 2.26. The van der Waals surface area contributed by atoms with Crippen molar-refractivity contribution in [2.45, 2.75) is 0 Å². The maximum atomic E-state index is 8.60. The average Bonchev–Trinajstić information content (AvgIpc) is 2.03. The Bertz CT molecular complexity index is 289. The van der Waals surface area contributed by atoms with E-state index < -0.39 is 0 Å². The molecule has 0 saturated carbocycles. The minimum Gasteiger partial charge on any atom is -0.399 e. The smallest absolute Gasteiger partial charge is 0.109 e. The second kappa shape index (κ2) is 3.16. The summed E-state index contributed by atoms with van der Waals surface area (Å²) in [7, 11) is 0. The van der Waals surface area contributed by atoms with Crippen molar-refractivity contribution >= 4 is 22.7 Å². The molecule has 8 N–H and O–H groups in total. The summed E-state index contributed by atoms with van der Waals surface area (Å²) in [6.07, 6.45) is 0. The van der Waals surface area contributed by atoms with Crippen LogP contribution in [0.25, 0.3) is 0 Å². The Hall–Kier alpha value is -1.66. The molecule has 1 aromatic rings. The minimum absolute atomic E-state index is 0.187. The fraction of sp³-hybridized carbons (Fsp3) is 0. The van der Waals surface area contributed by atoms with Gasteiger partial charge in [-0.3, -0.25) is 21.4 Å². The molecule has 0 amide bonds. The number of benzene rings is 1. The van der Waals surface area contributed by atoms with Crippen LogP contribution in [0.5, 0.6) is 0 Å². The van der Waals surface area contributed by atoms with Crippen molar-refractivity contribution in [3.63, 3.8) is 0 Å². The molecule has 12 heavy (non-hydrogen) atoms. The Balaban J connectivity index is 3.24. The van der Waals surface area contributed by atoms with E-state index in [1.807, 2.05) is 11.0 Å². The van der Waals surface area contributed by atoms with Gasteiger partial charge in [-0.1, -0.05) is 0 Å². The molecular formula is C6H10N4O2. The average molecular weight is 170 g/mol. The molecule has 0 unspecified atom stereocenters. The topological polar surface area (TPSA) is 117 Å². The molecule has 0 heterocycles. The first kappa shape index (κ1) is 8.44. The Labute approximate surface area is 68.7 Å². The van der Waals surface area contributed by atoms with Gasteiger partial charge in [0.2, 0.25) is 0 Å². The highest BCUT2D eigenvalue weighted by Crippen LogP contribution is 2.30. The Morgan fingerprint density at radius 1 is 1.08 bits per heavy atom. The second-order valence-electron chi connectivity index (χ2n) is 2.26. The van der Waals surface area contributed by atoms with Crippen molar-refractivity contribution in [2.24, 2.45) is 0 Å². The van der Waals surface area contributed by atoms with E-state index in [0.29, 0.717) is 5.69 Å². The van der Waals surface area contributed by atoms with Gasteiger partial charge in [-0.25, -0.2) is 0 Å². The van der Waals surface area contributed by atoms with Crippen LogP contribution in [-0.4, -0.2) is 10.4 Å². The molecule has 0 aliphatic rings. The third-order valence-corrected chi connectivity index (χ3v) is 1.42. The summed E-state index contributed by atoms with van der Waals surface area (Å²) in [5.41, 5.74) is 15.6. The Morgan fingerprint density at radius 3 is 2.25 bits per heavy atom. The van der Waals surface area contributed by atoms with Gasteiger partial charge in [0, 0.05) is 5.69 Å². The molecule has 6 heteroatoms. The van der Waals surface area contributed by atoms with E-state index in [9.17, 15) is 0 Å². The first-order chi connectivity index (χ1) is 5.69. The van der Waals surface area contributed by atoms with E-state index in [1.54, 1.807) is 0 Å². The highest BCUT2D eigenvalue weighted by molar-refractivity contribution is 5.83. The van der Waals surface area contributed by atoms with Crippen molar-refractivity contribution in [3.8, 4) is 0 Å². The van der Waals surface area contributed by atoms with Crippen LogP contribution in [0.15, 0.2) is 12.1 Å². The van der Waals surface area contributed by atoms with Gasteiger partial charge in [0.1, 0.15) is 5.69 Å². The van der Waals surface area contributed by atoms with E-state index in [0.717, 1.165) is 0 Å². The molecule has 0 bridgehead atoms. The Morgan fingerprint density at radius 2 is 1.75 bits per heavy atom. The molecule has 0 aromatic heterocycles. The van der Waals surface area contributed by atoms with Gasteiger partial charge in [0.25, 0.3) is 0 Å². The molecule has 0 fully saturated rings. The standard InChI is InChI=1S/C6H10N4O2/c7-3-1-4(8)6(10-12)5(2-3)9-11/h1-2,9-12H,7-8H2. The van der Waals surface area contributed by atoms with E-state index in [2.05, 4.69) is 0 Å². The number of hydrogen-bond acceptors (Lipinski definition) is 6. The van der Waals surface area contributed by atoms with E-state index in [4.69, 9.17) is 21.9 Å². The van der Waals surface area contributed by atoms with E-state index >= 15 is 0 Å². The van der Waals surface area contributed by atoms with Crippen molar-refractivity contribution in [2.75, 3.05) is 22.4 Å². The highest BCUT2D eigenvalue weighted by atomic mass is 16.5. The molecule has 0 radical (unpaired) electrons. The zero-order valence-electron chi connectivity index (χ0n) is 6.20. The van der Waals surface area contributed by atoms with Crippen molar-refractivity contribution < 1.29 is 10.4 Å². The van der Waals surface area contributed by atoms with Gasteiger partial charge < -0.3 is 11.5 Å². The van der Waals surface area contributed by atoms with Crippen LogP contribution in [0.1, 0.15) is 0 Å². The monoisotopic (exact) mass is 170 g/mol. The molecule has 0 saturated heterocycles. The lowest BCUT2D eigenvalue weighted by atomic mass is 10.2. The maximum Gasteiger partial charge on any atom is 0.109 e. The maximum absolute atomic E-state index is 8.60. The fourth-order valence-corrected chi connectivity index (χ4v) is 0.901. The zero-order valence-corrected chi connectivity index (χ0v) is 6.20. The predicted octanol–water partition coefficient (Wildman–Crippen LogP) is 0.453. The van der Waals surface area contributed by atoms with Gasteiger partial charge in [-0.15, -0.1) is 0 Å². The number of nitrogens with one attached hydrogen (secondary N) is 2. The summed E-state index contributed by atoms with van der Waals surface area (Å²) in [4.78, 5) is 0. The lowest BCUT2D eigenvalue weighted by Gasteiger charge is -2.10. The highest BCUT2D eigenvalue weighted by Gasteiger charge is 2.05. The molecule has 66 valence electrons. The third kappa shape index (κ3) is 1.34. The normalized spacial score (nSPS) is 9.50. The van der Waals surface area contributed by atoms with Crippen LogP contribution in [0, 0.1) is 0 Å². The van der Waals surface area contributed by atoms with Gasteiger partial charge >= 0.3 is 0 Å². The predicted molar refractivity (Wildman–Crippen MR) is 46.1 cm³/mol. The molecule has 0 atom stereocenters. The molecule has 0 aliphatic heterocycles.